The number of carbonyl (C=O) groups is 1. The molecule has 86 valence electrons. The van der Waals surface area contributed by atoms with Gasteiger partial charge in [0.2, 0.25) is 0 Å². The maximum Gasteiger partial charge on any atom is 0.333 e. The Bertz CT molecular complexity index is 233. The predicted molar refractivity (Wildman–Crippen MR) is 58.4 cm³/mol. The van der Waals surface area contributed by atoms with Gasteiger partial charge in [-0.25, -0.2) is 4.79 Å². The summed E-state index contributed by atoms with van der Waals surface area (Å²) >= 11 is 0. The van der Waals surface area contributed by atoms with E-state index in [-0.39, 0.29) is 5.97 Å². The SMILES string of the molecule is COC(=O)C1=CCCCCCCC(O)C1. The maximum atomic E-state index is 11.4. The van der Waals surface area contributed by atoms with Gasteiger partial charge in [-0.05, 0) is 19.3 Å². The number of aliphatic hydroxyl groups is 1. The standard InChI is InChI=1S/C12H20O3/c1-15-12(14)10-7-5-3-2-4-6-8-11(13)9-10/h7,11,13H,2-6,8-9H2,1H3. The van der Waals surface area contributed by atoms with Crippen LogP contribution in [-0.4, -0.2) is 24.3 Å². The van der Waals surface area contributed by atoms with Crippen LogP contribution in [0.5, 0.6) is 0 Å². The van der Waals surface area contributed by atoms with Crippen LogP contribution >= 0.6 is 0 Å². The van der Waals surface area contributed by atoms with Crippen molar-refractivity contribution in [2.75, 3.05) is 7.11 Å². The topological polar surface area (TPSA) is 46.5 Å². The lowest BCUT2D eigenvalue weighted by Crippen LogP contribution is -2.14. The van der Waals surface area contributed by atoms with Gasteiger partial charge in [-0.1, -0.05) is 25.3 Å². The second-order valence-corrected chi connectivity index (χ2v) is 4.07. The van der Waals surface area contributed by atoms with Gasteiger partial charge in [0.25, 0.3) is 0 Å². The number of hydrogen-bond donors (Lipinski definition) is 1. The van der Waals surface area contributed by atoms with Crippen molar-refractivity contribution >= 4 is 5.97 Å². The van der Waals surface area contributed by atoms with E-state index in [4.69, 9.17) is 0 Å². The van der Waals surface area contributed by atoms with Gasteiger partial charge in [-0.3, -0.25) is 0 Å². The zero-order valence-corrected chi connectivity index (χ0v) is 9.37. The van der Waals surface area contributed by atoms with Crippen LogP contribution in [0.25, 0.3) is 0 Å². The summed E-state index contributed by atoms with van der Waals surface area (Å²) in [5.74, 6) is -0.297. The molecule has 15 heavy (non-hydrogen) atoms. The van der Waals surface area contributed by atoms with E-state index in [0.717, 1.165) is 25.7 Å². The van der Waals surface area contributed by atoms with E-state index in [1.165, 1.54) is 20.0 Å². The first-order valence-electron chi connectivity index (χ1n) is 5.69. The number of rotatable bonds is 1. The number of carbonyl (C=O) groups excluding carboxylic acids is 1. The molecular formula is C12H20O3. The zero-order valence-electron chi connectivity index (χ0n) is 9.37. The molecule has 1 atom stereocenters. The average Bonchev–Trinajstić information content (AvgIpc) is 2.25. The number of aliphatic hydroxyl groups excluding tert-OH is 1. The summed E-state index contributed by atoms with van der Waals surface area (Å²) in [6, 6.07) is 0. The van der Waals surface area contributed by atoms with Crippen LogP contribution in [0.4, 0.5) is 0 Å². The Balaban J connectivity index is 2.61. The van der Waals surface area contributed by atoms with E-state index in [1.807, 2.05) is 6.08 Å². The second kappa shape index (κ2) is 6.62. The van der Waals surface area contributed by atoms with Crippen molar-refractivity contribution < 1.29 is 14.6 Å². The quantitative estimate of drug-likeness (QED) is 0.678. The molecule has 0 aliphatic heterocycles. The molecule has 0 spiro atoms. The maximum absolute atomic E-state index is 11.4. The van der Waals surface area contributed by atoms with E-state index in [1.54, 1.807) is 0 Å². The fourth-order valence-electron chi connectivity index (χ4n) is 1.89. The Morgan fingerprint density at radius 3 is 2.87 bits per heavy atom. The van der Waals surface area contributed by atoms with Crippen LogP contribution in [0.3, 0.4) is 0 Å². The highest BCUT2D eigenvalue weighted by Gasteiger charge is 2.15. The van der Waals surface area contributed by atoms with Crippen LogP contribution in [-0.2, 0) is 9.53 Å². The van der Waals surface area contributed by atoms with Gasteiger partial charge in [-0.15, -0.1) is 0 Å². The summed E-state index contributed by atoms with van der Waals surface area (Å²) in [4.78, 5) is 11.4. The first-order chi connectivity index (χ1) is 7.24. The van der Waals surface area contributed by atoms with Crippen molar-refractivity contribution in [3.8, 4) is 0 Å². The largest absolute Gasteiger partial charge is 0.466 e. The molecule has 3 heteroatoms. The van der Waals surface area contributed by atoms with Crippen molar-refractivity contribution in [1.29, 1.82) is 0 Å². The molecule has 0 saturated carbocycles. The van der Waals surface area contributed by atoms with Crippen molar-refractivity contribution in [3.05, 3.63) is 11.6 Å². The van der Waals surface area contributed by atoms with Gasteiger partial charge >= 0.3 is 5.97 Å². The van der Waals surface area contributed by atoms with Crippen LogP contribution in [0.2, 0.25) is 0 Å². The van der Waals surface area contributed by atoms with Crippen LogP contribution in [0.1, 0.15) is 44.9 Å². The lowest BCUT2D eigenvalue weighted by atomic mass is 9.98. The van der Waals surface area contributed by atoms with E-state index in [9.17, 15) is 9.90 Å². The number of methoxy groups -OCH3 is 1. The van der Waals surface area contributed by atoms with Gasteiger partial charge in [-0.2, -0.15) is 0 Å². The molecule has 0 heterocycles. The number of esters is 1. The van der Waals surface area contributed by atoms with E-state index < -0.39 is 6.10 Å². The first kappa shape index (κ1) is 12.2. The van der Waals surface area contributed by atoms with E-state index in [2.05, 4.69) is 4.74 Å². The normalized spacial score (nSPS) is 24.1. The monoisotopic (exact) mass is 212 g/mol. The Hall–Kier alpha value is -0.830. The lowest BCUT2D eigenvalue weighted by Gasteiger charge is -2.13. The van der Waals surface area contributed by atoms with Gasteiger partial charge in [0.1, 0.15) is 0 Å². The summed E-state index contributed by atoms with van der Waals surface area (Å²) in [6.45, 7) is 0. The molecule has 0 fully saturated rings. The molecule has 0 aromatic carbocycles. The molecule has 3 nitrogen and oxygen atoms in total. The average molecular weight is 212 g/mol. The van der Waals surface area contributed by atoms with Crippen LogP contribution < -0.4 is 0 Å². The number of hydrogen-bond acceptors (Lipinski definition) is 3. The highest BCUT2D eigenvalue weighted by atomic mass is 16.5. The third-order valence-electron chi connectivity index (χ3n) is 2.79. The first-order valence-corrected chi connectivity index (χ1v) is 5.69. The van der Waals surface area contributed by atoms with Crippen molar-refractivity contribution in [2.45, 2.75) is 51.0 Å². The van der Waals surface area contributed by atoms with Crippen molar-refractivity contribution in [2.24, 2.45) is 0 Å². The fourth-order valence-corrected chi connectivity index (χ4v) is 1.89. The van der Waals surface area contributed by atoms with Gasteiger partial charge in [0, 0.05) is 12.0 Å². The molecular weight excluding hydrogens is 192 g/mol. The smallest absolute Gasteiger partial charge is 0.333 e. The minimum Gasteiger partial charge on any atom is -0.466 e. The summed E-state index contributed by atoms with van der Waals surface area (Å²) in [7, 11) is 1.38. The molecule has 0 aromatic rings. The van der Waals surface area contributed by atoms with Gasteiger partial charge in [0.15, 0.2) is 0 Å². The molecule has 1 N–H and O–H groups in total. The Labute approximate surface area is 91.1 Å². The van der Waals surface area contributed by atoms with E-state index in [0.29, 0.717) is 12.0 Å². The molecule has 1 aliphatic carbocycles. The molecule has 0 bridgehead atoms. The Morgan fingerprint density at radius 2 is 2.13 bits per heavy atom. The molecule has 1 unspecified atom stereocenters. The van der Waals surface area contributed by atoms with Gasteiger partial charge < -0.3 is 9.84 Å². The summed E-state index contributed by atoms with van der Waals surface area (Å²) in [5, 5.41) is 9.70. The fraction of sp³-hybridized carbons (Fsp3) is 0.750. The number of allylic oxidation sites excluding steroid dienone is 1. The molecule has 1 rings (SSSR count). The molecule has 0 aromatic heterocycles. The third-order valence-corrected chi connectivity index (χ3v) is 2.79. The zero-order chi connectivity index (χ0) is 11.1. The van der Waals surface area contributed by atoms with Gasteiger partial charge in [0.05, 0.1) is 13.2 Å². The second-order valence-electron chi connectivity index (χ2n) is 4.07. The van der Waals surface area contributed by atoms with Crippen molar-refractivity contribution in [3.63, 3.8) is 0 Å². The minimum absolute atomic E-state index is 0.297. The summed E-state index contributed by atoms with van der Waals surface area (Å²) < 4.78 is 4.69. The predicted octanol–water partition coefficient (Wildman–Crippen LogP) is 2.19. The highest BCUT2D eigenvalue weighted by molar-refractivity contribution is 5.88. The van der Waals surface area contributed by atoms with Crippen LogP contribution in [0.15, 0.2) is 11.6 Å². The number of ether oxygens (including phenoxy) is 1. The minimum atomic E-state index is -0.395. The molecule has 1 aliphatic rings. The van der Waals surface area contributed by atoms with Crippen LogP contribution in [0, 0.1) is 0 Å². The molecule has 0 amide bonds. The Kier molecular flexibility index (Phi) is 5.40. The molecule has 0 saturated heterocycles. The summed E-state index contributed by atoms with van der Waals surface area (Å²) in [5.41, 5.74) is 0.631. The third kappa shape index (κ3) is 4.47. The highest BCUT2D eigenvalue weighted by Crippen LogP contribution is 2.18. The Morgan fingerprint density at radius 1 is 1.40 bits per heavy atom. The molecule has 0 radical (unpaired) electrons. The summed E-state index contributed by atoms with van der Waals surface area (Å²) in [6.07, 6.45) is 8.19. The lowest BCUT2D eigenvalue weighted by molar-refractivity contribution is -0.136. The van der Waals surface area contributed by atoms with Crippen molar-refractivity contribution in [1.82, 2.24) is 0 Å². The van der Waals surface area contributed by atoms with E-state index >= 15 is 0 Å².